The lowest BCUT2D eigenvalue weighted by Gasteiger charge is -2.50. The fourth-order valence-electron chi connectivity index (χ4n) is 2.62. The molecule has 0 saturated heterocycles. The van der Waals surface area contributed by atoms with Gasteiger partial charge in [-0.2, -0.15) is 0 Å². The van der Waals surface area contributed by atoms with Crippen molar-refractivity contribution in [1.29, 1.82) is 0 Å². The summed E-state index contributed by atoms with van der Waals surface area (Å²) in [5, 5.41) is 0. The molecule has 21 heavy (non-hydrogen) atoms. The third-order valence-electron chi connectivity index (χ3n) is 4.31. The summed E-state index contributed by atoms with van der Waals surface area (Å²) in [6.07, 6.45) is 0.698. The van der Waals surface area contributed by atoms with Crippen LogP contribution in [0.5, 0.6) is 0 Å². The van der Waals surface area contributed by atoms with Gasteiger partial charge in [0.1, 0.15) is 0 Å². The summed E-state index contributed by atoms with van der Waals surface area (Å²) in [5.74, 6) is -0.157. The summed E-state index contributed by atoms with van der Waals surface area (Å²) in [6, 6.07) is 5.91. The number of hydrogen-bond donors (Lipinski definition) is 1. The fraction of sp³-hybridized carbons (Fsp3) is 0.533. The predicted octanol–water partition coefficient (Wildman–Crippen LogP) is 1.98. The van der Waals surface area contributed by atoms with Crippen LogP contribution in [0.25, 0.3) is 0 Å². The van der Waals surface area contributed by atoms with Crippen LogP contribution in [-0.4, -0.2) is 33.5 Å². The molecule has 1 fully saturated rings. The Balaban J connectivity index is 2.20. The number of carbonyl (C=O) groups excluding carboxylic acids is 1. The Hall–Kier alpha value is -1.24. The molecular formula is C15H21NO4S. The van der Waals surface area contributed by atoms with Gasteiger partial charge in [-0.05, 0) is 25.5 Å². The van der Waals surface area contributed by atoms with Crippen molar-refractivity contribution in [2.45, 2.75) is 44.2 Å². The molecule has 1 aliphatic rings. The summed E-state index contributed by atoms with van der Waals surface area (Å²) >= 11 is 0. The molecule has 6 heteroatoms. The maximum absolute atomic E-state index is 12.4. The summed E-state index contributed by atoms with van der Waals surface area (Å²) in [5.41, 5.74) is 0.139. The zero-order valence-electron chi connectivity index (χ0n) is 12.7. The van der Waals surface area contributed by atoms with E-state index in [1.807, 2.05) is 13.8 Å². The second-order valence-corrected chi connectivity index (χ2v) is 7.75. The lowest BCUT2D eigenvalue weighted by molar-refractivity contribution is -0.0908. The van der Waals surface area contributed by atoms with Gasteiger partial charge in [-0.15, -0.1) is 0 Å². The van der Waals surface area contributed by atoms with Gasteiger partial charge < -0.3 is 4.74 Å². The second kappa shape index (κ2) is 5.51. The van der Waals surface area contributed by atoms with Gasteiger partial charge in [0, 0.05) is 24.1 Å². The van der Waals surface area contributed by atoms with Crippen molar-refractivity contribution in [3.05, 3.63) is 29.8 Å². The van der Waals surface area contributed by atoms with Crippen molar-refractivity contribution >= 4 is 15.8 Å². The smallest absolute Gasteiger partial charge is 0.240 e. The Morgan fingerprint density at radius 2 is 2.05 bits per heavy atom. The van der Waals surface area contributed by atoms with E-state index in [9.17, 15) is 13.2 Å². The fourth-order valence-corrected chi connectivity index (χ4v) is 4.07. The SMILES string of the molecule is COC1CC(NS(=O)(=O)c2cccc(C(C)=O)c2)C1(C)C. The summed E-state index contributed by atoms with van der Waals surface area (Å²) in [6.45, 7) is 5.37. The molecule has 0 bridgehead atoms. The zero-order valence-corrected chi connectivity index (χ0v) is 13.5. The number of ether oxygens (including phenoxy) is 1. The minimum Gasteiger partial charge on any atom is -0.381 e. The molecule has 1 N–H and O–H groups in total. The number of carbonyl (C=O) groups is 1. The molecule has 0 amide bonds. The van der Waals surface area contributed by atoms with Crippen molar-refractivity contribution in [2.24, 2.45) is 5.41 Å². The van der Waals surface area contributed by atoms with E-state index in [-0.39, 0.29) is 28.2 Å². The van der Waals surface area contributed by atoms with E-state index in [2.05, 4.69) is 4.72 Å². The van der Waals surface area contributed by atoms with Gasteiger partial charge in [0.25, 0.3) is 0 Å². The first kappa shape index (κ1) is 16.1. The predicted molar refractivity (Wildman–Crippen MR) is 79.8 cm³/mol. The molecule has 0 spiro atoms. The standard InChI is InChI=1S/C15H21NO4S/c1-10(17)11-6-5-7-12(8-11)21(18,19)16-13-9-14(20-4)15(13,2)3/h5-8,13-14,16H,9H2,1-4H3. The minimum atomic E-state index is -3.64. The maximum atomic E-state index is 12.4. The van der Waals surface area contributed by atoms with E-state index in [4.69, 9.17) is 4.74 Å². The van der Waals surface area contributed by atoms with Gasteiger partial charge in [-0.3, -0.25) is 4.79 Å². The van der Waals surface area contributed by atoms with Crippen molar-refractivity contribution < 1.29 is 17.9 Å². The molecule has 0 radical (unpaired) electrons. The number of Topliss-reactive ketones (excluding diaryl/α,β-unsaturated/α-hetero) is 1. The average molecular weight is 311 g/mol. The lowest BCUT2D eigenvalue weighted by Crippen LogP contribution is -2.61. The number of nitrogens with one attached hydrogen (secondary N) is 1. The average Bonchev–Trinajstić information content (AvgIpc) is 2.43. The van der Waals surface area contributed by atoms with Crippen LogP contribution in [0.3, 0.4) is 0 Å². The Kier molecular flexibility index (Phi) is 4.24. The van der Waals surface area contributed by atoms with E-state index < -0.39 is 10.0 Å². The highest BCUT2D eigenvalue weighted by molar-refractivity contribution is 7.89. The van der Waals surface area contributed by atoms with E-state index in [0.29, 0.717) is 12.0 Å². The highest BCUT2D eigenvalue weighted by Gasteiger charge is 2.50. The molecule has 0 aromatic heterocycles. The van der Waals surface area contributed by atoms with Gasteiger partial charge in [0.05, 0.1) is 11.0 Å². The van der Waals surface area contributed by atoms with Crippen molar-refractivity contribution in [3.63, 3.8) is 0 Å². The number of sulfonamides is 1. The van der Waals surface area contributed by atoms with E-state index in [1.165, 1.54) is 19.1 Å². The van der Waals surface area contributed by atoms with Crippen LogP contribution < -0.4 is 4.72 Å². The van der Waals surface area contributed by atoms with Gasteiger partial charge in [0.15, 0.2) is 5.78 Å². The third-order valence-corrected chi connectivity index (χ3v) is 5.78. The number of hydrogen-bond acceptors (Lipinski definition) is 4. The molecule has 1 aromatic rings. The molecule has 2 rings (SSSR count). The first-order chi connectivity index (χ1) is 9.68. The van der Waals surface area contributed by atoms with Crippen molar-refractivity contribution in [3.8, 4) is 0 Å². The number of rotatable bonds is 5. The molecule has 1 saturated carbocycles. The van der Waals surface area contributed by atoms with E-state index in [1.54, 1.807) is 19.2 Å². The highest BCUT2D eigenvalue weighted by Crippen LogP contribution is 2.43. The monoisotopic (exact) mass is 311 g/mol. The quantitative estimate of drug-likeness (QED) is 0.844. The van der Waals surface area contributed by atoms with Crippen molar-refractivity contribution in [1.82, 2.24) is 4.72 Å². The van der Waals surface area contributed by atoms with E-state index in [0.717, 1.165) is 0 Å². The summed E-state index contributed by atoms with van der Waals surface area (Å²) < 4.78 is 32.9. The van der Waals surface area contributed by atoms with Gasteiger partial charge in [0.2, 0.25) is 10.0 Å². The molecule has 0 heterocycles. The Morgan fingerprint density at radius 1 is 1.38 bits per heavy atom. The van der Waals surface area contributed by atoms with Crippen LogP contribution in [0, 0.1) is 5.41 Å². The minimum absolute atomic E-state index is 0.0498. The number of benzene rings is 1. The molecule has 1 aliphatic carbocycles. The first-order valence-electron chi connectivity index (χ1n) is 6.84. The van der Waals surface area contributed by atoms with Gasteiger partial charge in [-0.1, -0.05) is 26.0 Å². The van der Waals surface area contributed by atoms with Crippen LogP contribution in [-0.2, 0) is 14.8 Å². The molecule has 0 aliphatic heterocycles. The molecular weight excluding hydrogens is 290 g/mol. The third kappa shape index (κ3) is 3.02. The van der Waals surface area contributed by atoms with Crippen LogP contribution in [0.4, 0.5) is 0 Å². The Labute approximate surface area is 125 Å². The largest absolute Gasteiger partial charge is 0.381 e. The van der Waals surface area contributed by atoms with Crippen LogP contribution in [0.1, 0.15) is 37.6 Å². The second-order valence-electron chi connectivity index (χ2n) is 6.04. The van der Waals surface area contributed by atoms with Crippen LogP contribution in [0.15, 0.2) is 29.2 Å². The number of ketones is 1. The van der Waals surface area contributed by atoms with E-state index >= 15 is 0 Å². The Bertz CT molecular complexity index is 651. The lowest BCUT2D eigenvalue weighted by atomic mass is 9.65. The summed E-state index contributed by atoms with van der Waals surface area (Å²) in [7, 11) is -2.00. The van der Waals surface area contributed by atoms with Crippen LogP contribution >= 0.6 is 0 Å². The number of methoxy groups -OCH3 is 1. The zero-order chi connectivity index (χ0) is 15.8. The topological polar surface area (TPSA) is 72.5 Å². The Morgan fingerprint density at radius 3 is 2.57 bits per heavy atom. The normalized spacial score (nSPS) is 24.4. The van der Waals surface area contributed by atoms with Gasteiger partial charge in [-0.25, -0.2) is 13.1 Å². The van der Waals surface area contributed by atoms with Crippen LogP contribution in [0.2, 0.25) is 0 Å². The first-order valence-corrected chi connectivity index (χ1v) is 8.33. The molecule has 116 valence electrons. The van der Waals surface area contributed by atoms with Gasteiger partial charge >= 0.3 is 0 Å². The molecule has 5 nitrogen and oxygen atoms in total. The summed E-state index contributed by atoms with van der Waals surface area (Å²) in [4.78, 5) is 11.5. The van der Waals surface area contributed by atoms with Crippen molar-refractivity contribution in [2.75, 3.05) is 7.11 Å². The maximum Gasteiger partial charge on any atom is 0.240 e. The highest BCUT2D eigenvalue weighted by atomic mass is 32.2. The molecule has 2 atom stereocenters. The molecule has 1 aromatic carbocycles. The molecule has 2 unspecified atom stereocenters.